The second kappa shape index (κ2) is 9.55. The lowest BCUT2D eigenvalue weighted by Crippen LogP contribution is -2.14. The lowest BCUT2D eigenvalue weighted by atomic mass is 9.82. The van der Waals surface area contributed by atoms with Crippen LogP contribution in [0.4, 0.5) is 0 Å². The fraction of sp³-hybridized carbons (Fsp3) is 0.125. The Hall–Kier alpha value is -5.46. The fourth-order valence-electron chi connectivity index (χ4n) is 9.02. The van der Waals surface area contributed by atoms with Gasteiger partial charge in [0, 0.05) is 10.8 Å². The Labute approximate surface area is 282 Å². The van der Waals surface area contributed by atoms with E-state index in [0.29, 0.717) is 0 Å². The molecule has 10 rings (SSSR count). The molecule has 48 heavy (non-hydrogen) atoms. The van der Waals surface area contributed by atoms with E-state index in [1.807, 2.05) is 0 Å². The highest BCUT2D eigenvalue weighted by Crippen LogP contribution is 2.51. The van der Waals surface area contributed by atoms with Crippen LogP contribution in [-0.2, 0) is 10.8 Å². The summed E-state index contributed by atoms with van der Waals surface area (Å²) >= 11 is 0. The first-order valence-electron chi connectivity index (χ1n) is 17.2. The van der Waals surface area contributed by atoms with Crippen LogP contribution < -0.4 is 0 Å². The Morgan fingerprint density at radius 1 is 0.292 bits per heavy atom. The average molecular weight is 613 g/mol. The molecule has 0 heteroatoms. The quantitative estimate of drug-likeness (QED) is 0.170. The molecule has 0 spiro atoms. The maximum Gasteiger partial charge on any atom is 0.0158 e. The first-order valence-corrected chi connectivity index (χ1v) is 17.2. The maximum absolute atomic E-state index is 2.41. The summed E-state index contributed by atoms with van der Waals surface area (Å²) in [6, 6.07) is 55.1. The summed E-state index contributed by atoms with van der Waals surface area (Å²) < 4.78 is 0. The Morgan fingerprint density at radius 2 is 0.646 bits per heavy atom. The number of hydrogen-bond acceptors (Lipinski definition) is 0. The normalized spacial score (nSPS) is 15.0. The van der Waals surface area contributed by atoms with Crippen molar-refractivity contribution in [2.45, 2.75) is 38.5 Å². The van der Waals surface area contributed by atoms with Crippen LogP contribution >= 0.6 is 0 Å². The number of rotatable bonds is 2. The second-order valence-corrected chi connectivity index (χ2v) is 15.0. The zero-order chi connectivity index (χ0) is 32.4. The molecule has 0 atom stereocenters. The van der Waals surface area contributed by atoms with Crippen LogP contribution in [0, 0.1) is 0 Å². The monoisotopic (exact) mass is 612 g/mol. The molecule has 0 bridgehead atoms. The minimum atomic E-state index is 0.0187. The molecule has 0 fully saturated rings. The van der Waals surface area contributed by atoms with Crippen molar-refractivity contribution in [2.75, 3.05) is 0 Å². The Morgan fingerprint density at radius 3 is 1.10 bits per heavy atom. The first-order chi connectivity index (χ1) is 23.3. The van der Waals surface area contributed by atoms with E-state index in [9.17, 15) is 0 Å². The van der Waals surface area contributed by atoms with E-state index in [2.05, 4.69) is 173 Å². The van der Waals surface area contributed by atoms with Gasteiger partial charge in [-0.05, 0) is 123 Å². The van der Waals surface area contributed by atoms with Crippen LogP contribution in [-0.4, -0.2) is 0 Å². The minimum absolute atomic E-state index is 0.0187. The molecule has 8 aromatic carbocycles. The molecule has 0 saturated carbocycles. The highest BCUT2D eigenvalue weighted by atomic mass is 14.4. The summed E-state index contributed by atoms with van der Waals surface area (Å²) in [7, 11) is 0. The van der Waals surface area contributed by atoms with Gasteiger partial charge in [-0.15, -0.1) is 0 Å². The van der Waals surface area contributed by atoms with E-state index in [4.69, 9.17) is 0 Å². The van der Waals surface area contributed by atoms with Crippen molar-refractivity contribution in [3.63, 3.8) is 0 Å². The summed E-state index contributed by atoms with van der Waals surface area (Å²) in [5.74, 6) is 0. The van der Waals surface area contributed by atoms with E-state index >= 15 is 0 Å². The van der Waals surface area contributed by atoms with Gasteiger partial charge in [0.05, 0.1) is 0 Å². The van der Waals surface area contributed by atoms with E-state index in [-0.39, 0.29) is 10.8 Å². The Bertz CT molecular complexity index is 2480. The molecule has 0 nitrogen and oxygen atoms in total. The highest BCUT2D eigenvalue weighted by molar-refractivity contribution is 6.18. The highest BCUT2D eigenvalue weighted by Gasteiger charge is 2.36. The van der Waals surface area contributed by atoms with Crippen LogP contribution in [0.3, 0.4) is 0 Å². The van der Waals surface area contributed by atoms with Gasteiger partial charge in [-0.3, -0.25) is 0 Å². The fourth-order valence-corrected chi connectivity index (χ4v) is 9.02. The molecule has 0 N–H and O–H groups in total. The van der Waals surface area contributed by atoms with Gasteiger partial charge in [0.15, 0.2) is 0 Å². The lowest BCUT2D eigenvalue weighted by molar-refractivity contribution is 0.660. The van der Waals surface area contributed by atoms with Crippen molar-refractivity contribution in [1.29, 1.82) is 0 Å². The Balaban J connectivity index is 1.11. The summed E-state index contributed by atoms with van der Waals surface area (Å²) in [4.78, 5) is 0. The molecular weight excluding hydrogens is 577 g/mol. The summed E-state index contributed by atoms with van der Waals surface area (Å²) in [5, 5.41) is 7.75. The molecule has 8 aromatic rings. The summed E-state index contributed by atoms with van der Waals surface area (Å²) in [5.41, 5.74) is 16.2. The van der Waals surface area contributed by atoms with E-state index in [1.54, 1.807) is 0 Å². The molecule has 0 unspecified atom stereocenters. The second-order valence-electron chi connectivity index (χ2n) is 15.0. The first kappa shape index (κ1) is 27.6. The van der Waals surface area contributed by atoms with E-state index in [0.717, 1.165) is 0 Å². The van der Waals surface area contributed by atoms with E-state index in [1.165, 1.54) is 99.1 Å². The molecule has 228 valence electrons. The molecular formula is C48H36. The molecule has 0 aromatic heterocycles. The van der Waals surface area contributed by atoms with Gasteiger partial charge in [0.25, 0.3) is 0 Å². The molecule has 0 aliphatic heterocycles. The van der Waals surface area contributed by atoms with Crippen molar-refractivity contribution in [3.8, 4) is 44.5 Å². The molecule has 0 amide bonds. The summed E-state index contributed by atoms with van der Waals surface area (Å²) in [6.07, 6.45) is 0. The van der Waals surface area contributed by atoms with Gasteiger partial charge in [-0.25, -0.2) is 0 Å². The van der Waals surface area contributed by atoms with Gasteiger partial charge in [-0.1, -0.05) is 149 Å². The number of hydrogen-bond donors (Lipinski definition) is 0. The predicted molar refractivity (Wildman–Crippen MR) is 205 cm³/mol. The van der Waals surface area contributed by atoms with Gasteiger partial charge < -0.3 is 0 Å². The van der Waals surface area contributed by atoms with Gasteiger partial charge in [-0.2, -0.15) is 0 Å². The predicted octanol–water partition coefficient (Wildman–Crippen LogP) is 13.1. The largest absolute Gasteiger partial charge is 0.0619 e. The SMILES string of the molecule is CC1(C)c2ccccc2-c2cc(-c3ccc4ccc5c6cc(-c7ccc8c(c7)-c7ccccc7C8(C)C)ccc6ccc5c4c3)ccc21. The average Bonchev–Trinajstić information content (AvgIpc) is 3.50. The minimum Gasteiger partial charge on any atom is -0.0619 e. The summed E-state index contributed by atoms with van der Waals surface area (Å²) in [6.45, 7) is 9.39. The third kappa shape index (κ3) is 3.72. The topological polar surface area (TPSA) is 0 Å². The van der Waals surface area contributed by atoms with E-state index < -0.39 is 0 Å². The smallest absolute Gasteiger partial charge is 0.0158 e. The van der Waals surface area contributed by atoms with Crippen LogP contribution in [0.15, 0.2) is 146 Å². The molecule has 0 heterocycles. The van der Waals surface area contributed by atoms with Crippen molar-refractivity contribution in [1.82, 2.24) is 0 Å². The number of fused-ring (bicyclic) bond motifs is 11. The molecule has 0 radical (unpaired) electrons. The van der Waals surface area contributed by atoms with Crippen LogP contribution in [0.2, 0.25) is 0 Å². The van der Waals surface area contributed by atoms with Crippen molar-refractivity contribution in [2.24, 2.45) is 0 Å². The lowest BCUT2D eigenvalue weighted by Gasteiger charge is -2.21. The van der Waals surface area contributed by atoms with Crippen molar-refractivity contribution >= 4 is 32.3 Å². The van der Waals surface area contributed by atoms with Crippen molar-refractivity contribution in [3.05, 3.63) is 168 Å². The van der Waals surface area contributed by atoms with Crippen LogP contribution in [0.25, 0.3) is 76.8 Å². The third-order valence-corrected chi connectivity index (χ3v) is 11.7. The third-order valence-electron chi connectivity index (χ3n) is 11.7. The standard InChI is InChI=1S/C48H36/c1-47(2)43-11-7-5-9-37(43)41-27-33(19-23-45(41)47)31-15-13-29-17-22-36-35(39(29)25-31)21-18-30-14-16-32(26-40(30)36)34-20-24-46-42(28-34)38-10-6-8-12-44(38)48(46,3)4/h5-28H,1-4H3. The van der Waals surface area contributed by atoms with Gasteiger partial charge in [0.1, 0.15) is 0 Å². The van der Waals surface area contributed by atoms with Gasteiger partial charge in [0.2, 0.25) is 0 Å². The molecule has 0 saturated heterocycles. The zero-order valence-electron chi connectivity index (χ0n) is 27.9. The Kier molecular flexibility index (Phi) is 5.50. The number of benzene rings is 8. The van der Waals surface area contributed by atoms with Gasteiger partial charge >= 0.3 is 0 Å². The zero-order valence-corrected chi connectivity index (χ0v) is 27.9. The molecule has 2 aliphatic rings. The maximum atomic E-state index is 2.41. The van der Waals surface area contributed by atoms with Crippen molar-refractivity contribution < 1.29 is 0 Å². The molecule has 2 aliphatic carbocycles. The van der Waals surface area contributed by atoms with Crippen LogP contribution in [0.1, 0.15) is 49.9 Å². The van der Waals surface area contributed by atoms with Crippen LogP contribution in [0.5, 0.6) is 0 Å².